The van der Waals surface area contributed by atoms with E-state index in [1.807, 2.05) is 7.11 Å². The molecule has 0 aliphatic heterocycles. The van der Waals surface area contributed by atoms with E-state index in [1.165, 1.54) is 105 Å². The fraction of sp³-hybridized carbons (Fsp3) is 0.655. The third kappa shape index (κ3) is 8.95. The monoisotopic (exact) mass is 474 g/mol. The second kappa shape index (κ2) is 16.1. The maximum atomic E-state index is 5.86. The van der Waals surface area contributed by atoms with E-state index in [9.17, 15) is 0 Å². The molecule has 0 amide bonds. The number of benzene rings is 2. The van der Waals surface area contributed by atoms with Gasteiger partial charge in [0.25, 0.3) is 0 Å². The Morgan fingerprint density at radius 2 is 1.19 bits per heavy atom. The zero-order valence-electron chi connectivity index (χ0n) is 21.6. The van der Waals surface area contributed by atoms with Crippen LogP contribution in [0.2, 0.25) is 0 Å². The molecule has 0 radical (unpaired) electrons. The van der Waals surface area contributed by atoms with Crippen molar-refractivity contribution in [3.05, 3.63) is 41.5 Å². The Kier molecular flexibility index (Phi) is 13.9. The highest BCUT2D eigenvalue weighted by Crippen LogP contribution is 2.46. The van der Waals surface area contributed by atoms with Crippen molar-refractivity contribution >= 4 is 26.6 Å². The molecule has 32 heavy (non-hydrogen) atoms. The fourth-order valence-electron chi connectivity index (χ4n) is 4.42. The number of hydrogen-bond acceptors (Lipinski definition) is 1. The van der Waals surface area contributed by atoms with Crippen molar-refractivity contribution in [2.24, 2.45) is 0 Å². The molecule has 2 aromatic rings. The fourth-order valence-corrected chi connectivity index (χ4v) is 10.0. The van der Waals surface area contributed by atoms with E-state index < -0.39 is 0 Å². The van der Waals surface area contributed by atoms with Gasteiger partial charge in [-0.15, -0.1) is 15.8 Å². The molecular weight excluding hydrogens is 426 g/mol. The predicted molar refractivity (Wildman–Crippen MR) is 151 cm³/mol. The van der Waals surface area contributed by atoms with E-state index in [2.05, 4.69) is 58.0 Å². The average Bonchev–Trinajstić information content (AvgIpc) is 2.82. The zero-order valence-corrected chi connectivity index (χ0v) is 23.4. The van der Waals surface area contributed by atoms with Crippen LogP contribution in [0, 0.1) is 0 Å². The molecule has 180 valence electrons. The van der Waals surface area contributed by atoms with Crippen molar-refractivity contribution in [2.45, 2.75) is 91.4 Å². The molecule has 0 aliphatic carbocycles. The maximum Gasteiger partial charge on any atom is 0.123 e. The number of hydrogen-bond donors (Lipinski definition) is 0. The van der Waals surface area contributed by atoms with Crippen molar-refractivity contribution in [2.75, 3.05) is 31.8 Å². The van der Waals surface area contributed by atoms with Crippen LogP contribution < -0.4 is 4.74 Å². The number of rotatable bonds is 17. The Morgan fingerprint density at radius 1 is 0.656 bits per heavy atom. The first-order valence-corrected chi connectivity index (χ1v) is 17.0. The molecule has 0 unspecified atom stereocenters. The lowest BCUT2D eigenvalue weighted by Crippen LogP contribution is -1.99. The lowest BCUT2D eigenvalue weighted by atomic mass is 10.0. The van der Waals surface area contributed by atoms with E-state index in [0.29, 0.717) is 0 Å². The first-order chi connectivity index (χ1) is 15.7. The topological polar surface area (TPSA) is 9.23 Å². The minimum absolute atomic E-state index is 0.0439. The van der Waals surface area contributed by atoms with Crippen LogP contribution in [0.5, 0.6) is 5.75 Å². The highest BCUT2D eigenvalue weighted by molar-refractivity contribution is 7.57. The van der Waals surface area contributed by atoms with Crippen molar-refractivity contribution < 1.29 is 4.74 Å². The zero-order chi connectivity index (χ0) is 23.2. The van der Waals surface area contributed by atoms with Gasteiger partial charge in [-0.05, 0) is 85.1 Å². The van der Waals surface area contributed by atoms with Crippen molar-refractivity contribution in [3.8, 4) is 5.75 Å². The number of ether oxygens (including phenoxy) is 1. The van der Waals surface area contributed by atoms with Crippen molar-refractivity contribution in [3.63, 3.8) is 0 Å². The lowest BCUT2D eigenvalue weighted by molar-refractivity contribution is 0.412. The summed E-state index contributed by atoms with van der Waals surface area (Å²) in [6.07, 6.45) is 19.0. The molecule has 0 bridgehead atoms. The summed E-state index contributed by atoms with van der Waals surface area (Å²) < 4.78 is 5.86. The molecule has 0 saturated carbocycles. The minimum atomic E-state index is 0.0439. The van der Waals surface area contributed by atoms with E-state index >= 15 is 0 Å². The Balaban J connectivity index is 2.27. The van der Waals surface area contributed by atoms with Crippen LogP contribution in [0.3, 0.4) is 0 Å². The van der Waals surface area contributed by atoms with Crippen molar-refractivity contribution in [1.82, 2.24) is 0 Å². The van der Waals surface area contributed by atoms with Crippen molar-refractivity contribution in [1.29, 1.82) is 0 Å². The van der Waals surface area contributed by atoms with Crippen LogP contribution in [-0.4, -0.2) is 31.8 Å². The van der Waals surface area contributed by atoms with Gasteiger partial charge in [0.15, 0.2) is 0 Å². The number of fused-ring (bicyclic) bond motifs is 1. The Labute approximate surface area is 201 Å². The molecule has 0 aliphatic rings. The lowest BCUT2D eigenvalue weighted by Gasteiger charge is -2.21. The van der Waals surface area contributed by atoms with Crippen LogP contribution in [0.25, 0.3) is 10.8 Å². The summed E-state index contributed by atoms with van der Waals surface area (Å²) in [7, 11) is 2.01. The first-order valence-electron chi connectivity index (χ1n) is 13.2. The van der Waals surface area contributed by atoms with Gasteiger partial charge < -0.3 is 4.74 Å². The van der Waals surface area contributed by atoms with Gasteiger partial charge in [-0.2, -0.15) is 0 Å². The third-order valence-electron chi connectivity index (χ3n) is 6.47. The number of unbranched alkanes of at least 4 members (excludes halogenated alkanes) is 4. The second-order valence-corrected chi connectivity index (χ2v) is 14.4. The van der Waals surface area contributed by atoms with Crippen LogP contribution >= 0.6 is 15.8 Å². The Morgan fingerprint density at radius 3 is 1.69 bits per heavy atom. The highest BCUT2D eigenvalue weighted by atomic mass is 31.1. The van der Waals surface area contributed by atoms with Gasteiger partial charge in [0.05, 0.1) is 7.11 Å². The quantitative estimate of drug-likeness (QED) is 0.207. The summed E-state index contributed by atoms with van der Waals surface area (Å²) in [5, 5.41) is 2.85. The molecule has 1 nitrogen and oxygen atoms in total. The smallest absolute Gasteiger partial charge is 0.123 e. The highest BCUT2D eigenvalue weighted by Gasteiger charge is 2.16. The molecular formula is C29H48OP2. The Hall–Kier alpha value is -0.640. The molecule has 0 atom stereocenters. The summed E-state index contributed by atoms with van der Waals surface area (Å²) in [5.41, 5.74) is 3.01. The SMILES string of the molecule is CCCCP(CCCC)Cc1ccc2c(CP(CCCC)CCCC)c(OC)ccc2c1. The van der Waals surface area contributed by atoms with Gasteiger partial charge in [0.1, 0.15) is 5.75 Å². The molecule has 2 rings (SSSR count). The van der Waals surface area contributed by atoms with Crippen LogP contribution in [0.15, 0.2) is 30.3 Å². The predicted octanol–water partition coefficient (Wildman–Crippen LogP) is 10.0. The normalized spacial score (nSPS) is 11.7. The van der Waals surface area contributed by atoms with E-state index in [4.69, 9.17) is 4.74 Å². The molecule has 3 heteroatoms. The second-order valence-electron chi connectivity index (χ2n) is 9.27. The summed E-state index contributed by atoms with van der Waals surface area (Å²) in [4.78, 5) is 0. The molecule has 0 fully saturated rings. The minimum Gasteiger partial charge on any atom is -0.496 e. The largest absolute Gasteiger partial charge is 0.496 e. The summed E-state index contributed by atoms with van der Waals surface area (Å²) in [5.74, 6) is 1.10. The standard InChI is InChI=1S/C29H48OP2/c1-6-10-18-31(19-11-7-2)23-25-14-16-27-26(22-25)15-17-29(30-5)28(27)24-32(20-12-8-3)21-13-9-4/h14-17,22H,6-13,18-21,23-24H2,1-5H3. The summed E-state index contributed by atoms with van der Waals surface area (Å²) in [6.45, 7) is 9.30. The Bertz CT molecular complexity index is 757. The van der Waals surface area contributed by atoms with Crippen LogP contribution in [-0.2, 0) is 12.3 Å². The van der Waals surface area contributed by atoms with Gasteiger partial charge in [-0.25, -0.2) is 0 Å². The van der Waals surface area contributed by atoms with Crippen LogP contribution in [0.4, 0.5) is 0 Å². The number of methoxy groups -OCH3 is 1. The third-order valence-corrected chi connectivity index (χ3v) is 11.8. The van der Waals surface area contributed by atoms with Gasteiger partial charge in [0.2, 0.25) is 0 Å². The molecule has 0 spiro atoms. The molecule has 0 heterocycles. The first kappa shape index (κ1) is 27.6. The van der Waals surface area contributed by atoms with E-state index in [-0.39, 0.29) is 15.8 Å². The van der Waals surface area contributed by atoms with E-state index in [0.717, 1.165) is 5.75 Å². The molecule has 0 N–H and O–H groups in total. The molecule has 0 saturated heterocycles. The average molecular weight is 475 g/mol. The summed E-state index contributed by atoms with van der Waals surface area (Å²) >= 11 is 0. The van der Waals surface area contributed by atoms with Gasteiger partial charge in [-0.1, -0.05) is 77.6 Å². The van der Waals surface area contributed by atoms with Gasteiger partial charge in [0, 0.05) is 5.56 Å². The van der Waals surface area contributed by atoms with E-state index in [1.54, 1.807) is 5.56 Å². The summed E-state index contributed by atoms with van der Waals surface area (Å²) in [6, 6.07) is 11.9. The molecule has 2 aromatic carbocycles. The van der Waals surface area contributed by atoms with Gasteiger partial charge >= 0.3 is 0 Å². The van der Waals surface area contributed by atoms with Crippen LogP contribution in [0.1, 0.15) is 90.2 Å². The molecule has 0 aromatic heterocycles. The van der Waals surface area contributed by atoms with Gasteiger partial charge in [-0.3, -0.25) is 0 Å². The maximum absolute atomic E-state index is 5.86.